The number of hydrogen-bond acceptors (Lipinski definition) is 5. The van der Waals surface area contributed by atoms with Gasteiger partial charge in [-0.05, 0) is 18.4 Å². The van der Waals surface area contributed by atoms with Gasteiger partial charge in [-0.2, -0.15) is 0 Å². The van der Waals surface area contributed by atoms with Crippen molar-refractivity contribution in [1.29, 1.82) is 0 Å². The Labute approximate surface area is 126 Å². The standard InChI is InChI=1S/C16H26N2O3/c1-19-14-10-16(21-3)15(20-2)9-12(14)13(18-17)8-11-6-4-5-7-11/h9-11,13,18H,4-8,17H2,1-3H3. The third-order valence-electron chi connectivity index (χ3n) is 4.36. The van der Waals surface area contributed by atoms with E-state index in [1.54, 1.807) is 21.3 Å². The molecule has 21 heavy (non-hydrogen) atoms. The van der Waals surface area contributed by atoms with Crippen molar-refractivity contribution in [2.75, 3.05) is 21.3 Å². The van der Waals surface area contributed by atoms with E-state index in [1.807, 2.05) is 12.1 Å². The highest BCUT2D eigenvalue weighted by molar-refractivity contribution is 5.51. The Morgan fingerprint density at radius 2 is 1.62 bits per heavy atom. The van der Waals surface area contributed by atoms with E-state index in [9.17, 15) is 0 Å². The first-order valence-corrected chi connectivity index (χ1v) is 7.49. The fraction of sp³-hybridized carbons (Fsp3) is 0.625. The Balaban J connectivity index is 2.29. The maximum Gasteiger partial charge on any atom is 0.164 e. The van der Waals surface area contributed by atoms with E-state index in [2.05, 4.69) is 5.43 Å². The lowest BCUT2D eigenvalue weighted by Crippen LogP contribution is -2.29. The summed E-state index contributed by atoms with van der Waals surface area (Å²) in [7, 11) is 4.91. The summed E-state index contributed by atoms with van der Waals surface area (Å²) in [5.74, 6) is 8.64. The first kappa shape index (κ1) is 15.9. The molecule has 0 amide bonds. The molecule has 0 radical (unpaired) electrons. The van der Waals surface area contributed by atoms with E-state index in [1.165, 1.54) is 25.7 Å². The molecule has 0 spiro atoms. The van der Waals surface area contributed by atoms with Crippen LogP contribution < -0.4 is 25.5 Å². The van der Waals surface area contributed by atoms with Gasteiger partial charge < -0.3 is 14.2 Å². The molecule has 5 heteroatoms. The fourth-order valence-electron chi connectivity index (χ4n) is 3.19. The van der Waals surface area contributed by atoms with Crippen molar-refractivity contribution in [3.8, 4) is 17.2 Å². The minimum atomic E-state index is 0.0582. The van der Waals surface area contributed by atoms with Crippen LogP contribution in [0, 0.1) is 5.92 Å². The first-order chi connectivity index (χ1) is 10.2. The zero-order chi connectivity index (χ0) is 15.2. The van der Waals surface area contributed by atoms with Crippen molar-refractivity contribution in [2.45, 2.75) is 38.1 Å². The van der Waals surface area contributed by atoms with E-state index >= 15 is 0 Å². The second-order valence-electron chi connectivity index (χ2n) is 5.55. The Kier molecular flexibility index (Phi) is 5.70. The number of rotatable bonds is 7. The van der Waals surface area contributed by atoms with Gasteiger partial charge in [0.25, 0.3) is 0 Å². The highest BCUT2D eigenvalue weighted by Gasteiger charge is 2.24. The van der Waals surface area contributed by atoms with E-state index in [4.69, 9.17) is 20.1 Å². The number of nitrogens with two attached hydrogens (primary N) is 1. The van der Waals surface area contributed by atoms with Crippen molar-refractivity contribution in [3.05, 3.63) is 17.7 Å². The van der Waals surface area contributed by atoms with Crippen LogP contribution in [0.25, 0.3) is 0 Å². The average molecular weight is 294 g/mol. The van der Waals surface area contributed by atoms with Crippen molar-refractivity contribution >= 4 is 0 Å². The molecule has 1 aromatic carbocycles. The molecule has 1 unspecified atom stereocenters. The normalized spacial score (nSPS) is 16.8. The summed E-state index contributed by atoms with van der Waals surface area (Å²) in [6, 6.07) is 3.87. The van der Waals surface area contributed by atoms with E-state index < -0.39 is 0 Å². The Hall–Kier alpha value is -1.46. The lowest BCUT2D eigenvalue weighted by molar-refractivity contribution is 0.339. The summed E-state index contributed by atoms with van der Waals surface area (Å²) in [4.78, 5) is 0. The molecule has 0 aliphatic heterocycles. The number of benzene rings is 1. The predicted octanol–water partition coefficient (Wildman–Crippen LogP) is 2.80. The lowest BCUT2D eigenvalue weighted by Gasteiger charge is -2.23. The second-order valence-corrected chi connectivity index (χ2v) is 5.55. The summed E-state index contributed by atoms with van der Waals surface area (Å²) in [5, 5.41) is 0. The van der Waals surface area contributed by atoms with Gasteiger partial charge in [0.2, 0.25) is 0 Å². The topological polar surface area (TPSA) is 65.7 Å². The van der Waals surface area contributed by atoms with Crippen molar-refractivity contribution in [3.63, 3.8) is 0 Å². The number of hydrogen-bond donors (Lipinski definition) is 2. The van der Waals surface area contributed by atoms with Gasteiger partial charge in [0.1, 0.15) is 5.75 Å². The van der Waals surface area contributed by atoms with Gasteiger partial charge in [-0.1, -0.05) is 25.7 Å². The van der Waals surface area contributed by atoms with Crippen LogP contribution in [0.2, 0.25) is 0 Å². The maximum absolute atomic E-state index is 5.79. The minimum absolute atomic E-state index is 0.0582. The first-order valence-electron chi connectivity index (χ1n) is 7.49. The molecule has 0 bridgehead atoms. The van der Waals surface area contributed by atoms with Crippen LogP contribution in [-0.2, 0) is 0 Å². The highest BCUT2D eigenvalue weighted by Crippen LogP contribution is 2.40. The van der Waals surface area contributed by atoms with Crippen LogP contribution in [0.3, 0.4) is 0 Å². The molecule has 3 N–H and O–H groups in total. The van der Waals surface area contributed by atoms with E-state index in [0.29, 0.717) is 11.5 Å². The molecule has 118 valence electrons. The smallest absolute Gasteiger partial charge is 0.164 e. The monoisotopic (exact) mass is 294 g/mol. The van der Waals surface area contributed by atoms with Crippen molar-refractivity contribution < 1.29 is 14.2 Å². The van der Waals surface area contributed by atoms with Crippen molar-refractivity contribution in [2.24, 2.45) is 11.8 Å². The molecular formula is C16H26N2O3. The molecular weight excluding hydrogens is 268 g/mol. The van der Waals surface area contributed by atoms with Gasteiger partial charge in [-0.25, -0.2) is 0 Å². The molecule has 1 fully saturated rings. The average Bonchev–Trinajstić information content (AvgIpc) is 3.04. The van der Waals surface area contributed by atoms with Crippen LogP contribution in [0.5, 0.6) is 17.2 Å². The molecule has 1 aliphatic rings. The van der Waals surface area contributed by atoms with E-state index in [0.717, 1.165) is 23.7 Å². The van der Waals surface area contributed by atoms with Gasteiger partial charge in [-0.15, -0.1) is 0 Å². The number of ether oxygens (including phenoxy) is 3. The van der Waals surface area contributed by atoms with Gasteiger partial charge in [0.15, 0.2) is 11.5 Å². The summed E-state index contributed by atoms with van der Waals surface area (Å²) < 4.78 is 16.2. The summed E-state index contributed by atoms with van der Waals surface area (Å²) >= 11 is 0. The van der Waals surface area contributed by atoms with Crippen LogP contribution in [0.15, 0.2) is 12.1 Å². The molecule has 0 saturated heterocycles. The van der Waals surface area contributed by atoms with Crippen LogP contribution in [-0.4, -0.2) is 21.3 Å². The van der Waals surface area contributed by atoms with Gasteiger partial charge in [0.05, 0.1) is 27.4 Å². The third kappa shape index (κ3) is 3.60. The minimum Gasteiger partial charge on any atom is -0.496 e. The fourth-order valence-corrected chi connectivity index (χ4v) is 3.19. The quantitative estimate of drug-likeness (QED) is 0.598. The molecule has 5 nitrogen and oxygen atoms in total. The van der Waals surface area contributed by atoms with Gasteiger partial charge in [-0.3, -0.25) is 11.3 Å². The largest absolute Gasteiger partial charge is 0.496 e. The summed E-state index contributed by atoms with van der Waals surface area (Å²) in [5.41, 5.74) is 3.95. The third-order valence-corrected chi connectivity index (χ3v) is 4.36. The van der Waals surface area contributed by atoms with E-state index in [-0.39, 0.29) is 6.04 Å². The molecule has 1 aliphatic carbocycles. The zero-order valence-electron chi connectivity index (χ0n) is 13.1. The highest BCUT2D eigenvalue weighted by atomic mass is 16.5. The number of nitrogens with one attached hydrogen (secondary N) is 1. The SMILES string of the molecule is COc1cc(OC)c(C(CC2CCCC2)NN)cc1OC. The van der Waals surface area contributed by atoms with Crippen LogP contribution >= 0.6 is 0 Å². The number of hydrazine groups is 1. The van der Waals surface area contributed by atoms with Crippen molar-refractivity contribution in [1.82, 2.24) is 5.43 Å². The van der Waals surface area contributed by atoms with Gasteiger partial charge >= 0.3 is 0 Å². The molecule has 1 saturated carbocycles. The Morgan fingerprint density at radius 3 is 2.14 bits per heavy atom. The summed E-state index contributed by atoms with van der Waals surface area (Å²) in [6.07, 6.45) is 6.24. The molecule has 2 rings (SSSR count). The Bertz CT molecular complexity index is 459. The molecule has 0 heterocycles. The maximum atomic E-state index is 5.79. The number of methoxy groups -OCH3 is 3. The molecule has 0 aromatic heterocycles. The van der Waals surface area contributed by atoms with Gasteiger partial charge in [0, 0.05) is 11.6 Å². The summed E-state index contributed by atoms with van der Waals surface area (Å²) in [6.45, 7) is 0. The second kappa shape index (κ2) is 7.52. The van der Waals surface area contributed by atoms with Crippen LogP contribution in [0.4, 0.5) is 0 Å². The van der Waals surface area contributed by atoms with Crippen LogP contribution in [0.1, 0.15) is 43.7 Å². The molecule has 1 atom stereocenters. The Morgan fingerprint density at radius 1 is 1.05 bits per heavy atom. The zero-order valence-corrected chi connectivity index (χ0v) is 13.1. The lowest BCUT2D eigenvalue weighted by atomic mass is 9.93. The predicted molar refractivity (Wildman–Crippen MR) is 82.7 cm³/mol. The molecule has 1 aromatic rings.